The van der Waals surface area contributed by atoms with Gasteiger partial charge in [-0.25, -0.2) is 4.79 Å². The predicted molar refractivity (Wildman–Crippen MR) is 86.6 cm³/mol. The quantitative estimate of drug-likeness (QED) is 0.893. The van der Waals surface area contributed by atoms with E-state index in [0.29, 0.717) is 23.8 Å². The summed E-state index contributed by atoms with van der Waals surface area (Å²) >= 11 is 6.07. The average molecular weight is 320 g/mol. The van der Waals surface area contributed by atoms with Crippen molar-refractivity contribution in [1.29, 1.82) is 0 Å². The number of β-amino-alcohol motifs (C(OH)–C–C–N with tert-alkyl or cyclic N) is 1. The molecule has 1 fully saturated rings. The number of benzene rings is 1. The van der Waals surface area contributed by atoms with E-state index >= 15 is 0 Å². The lowest BCUT2D eigenvalue weighted by atomic mass is 10.1. The number of rotatable bonds is 2. The lowest BCUT2D eigenvalue weighted by Crippen LogP contribution is -2.44. The van der Waals surface area contributed by atoms with Crippen LogP contribution in [0.2, 0.25) is 5.02 Å². The Labute approximate surface area is 134 Å². The number of likely N-dealkylation sites (tertiary alicyclic amines) is 1. The number of hydrogen-bond donors (Lipinski definition) is 2. The number of nitrogens with one attached hydrogen (secondary N) is 1. The molecular formula is C16H18ClN3O2. The number of aliphatic hydroxyl groups is 1. The van der Waals surface area contributed by atoms with Gasteiger partial charge < -0.3 is 19.9 Å². The number of carbonyl (C=O) groups excluding carboxylic acids is 1. The lowest BCUT2D eigenvalue weighted by molar-refractivity contribution is 0.0883. The summed E-state index contributed by atoms with van der Waals surface area (Å²) in [5, 5.41) is 13.2. The van der Waals surface area contributed by atoms with Gasteiger partial charge in [-0.3, -0.25) is 0 Å². The zero-order valence-electron chi connectivity index (χ0n) is 12.1. The minimum Gasteiger partial charge on any atom is -0.391 e. The molecule has 1 aliphatic rings. The highest BCUT2D eigenvalue weighted by molar-refractivity contribution is 6.30. The first-order valence-corrected chi connectivity index (χ1v) is 7.68. The Morgan fingerprint density at radius 3 is 2.82 bits per heavy atom. The summed E-state index contributed by atoms with van der Waals surface area (Å²) in [4.78, 5) is 14.0. The number of amides is 2. The summed E-state index contributed by atoms with van der Waals surface area (Å²) in [7, 11) is 0. The van der Waals surface area contributed by atoms with Crippen LogP contribution in [0.15, 0.2) is 42.7 Å². The van der Waals surface area contributed by atoms with Crippen LogP contribution in [-0.2, 0) is 0 Å². The van der Waals surface area contributed by atoms with Crippen molar-refractivity contribution in [2.45, 2.75) is 18.9 Å². The van der Waals surface area contributed by atoms with Crippen LogP contribution in [-0.4, -0.2) is 39.8 Å². The minimum absolute atomic E-state index is 0.200. The fourth-order valence-corrected chi connectivity index (χ4v) is 2.82. The van der Waals surface area contributed by atoms with Crippen molar-refractivity contribution in [2.24, 2.45) is 0 Å². The van der Waals surface area contributed by atoms with E-state index in [1.807, 2.05) is 35.2 Å². The first kappa shape index (κ1) is 14.9. The van der Waals surface area contributed by atoms with Gasteiger partial charge in [0, 0.05) is 30.5 Å². The molecular weight excluding hydrogens is 302 g/mol. The molecule has 0 spiro atoms. The SMILES string of the molecule is O=C(Nc1ccc(Cl)cc1-n1cccc1)N1CCCC(O)C1. The summed E-state index contributed by atoms with van der Waals surface area (Å²) in [6.07, 6.45) is 4.92. The van der Waals surface area contributed by atoms with Crippen molar-refractivity contribution in [3.8, 4) is 5.69 Å². The molecule has 0 radical (unpaired) electrons. The number of piperidine rings is 1. The number of carbonyl (C=O) groups is 1. The number of halogens is 1. The zero-order valence-corrected chi connectivity index (χ0v) is 12.8. The second kappa shape index (κ2) is 6.42. The molecule has 1 aliphatic heterocycles. The van der Waals surface area contributed by atoms with E-state index < -0.39 is 6.10 Å². The Hall–Kier alpha value is -1.98. The van der Waals surface area contributed by atoms with E-state index in [1.165, 1.54) is 0 Å². The molecule has 0 bridgehead atoms. The highest BCUT2D eigenvalue weighted by Crippen LogP contribution is 2.25. The van der Waals surface area contributed by atoms with Crippen molar-refractivity contribution in [3.63, 3.8) is 0 Å². The van der Waals surface area contributed by atoms with Crippen LogP contribution in [0.4, 0.5) is 10.5 Å². The molecule has 0 saturated carbocycles. The van der Waals surface area contributed by atoms with E-state index in [1.54, 1.807) is 17.0 Å². The zero-order chi connectivity index (χ0) is 15.5. The smallest absolute Gasteiger partial charge is 0.321 e. The normalized spacial score (nSPS) is 18.3. The van der Waals surface area contributed by atoms with Gasteiger partial charge in [0.25, 0.3) is 0 Å². The van der Waals surface area contributed by atoms with Gasteiger partial charge in [0.15, 0.2) is 0 Å². The molecule has 1 atom stereocenters. The predicted octanol–water partition coefficient (Wildman–Crippen LogP) is 3.12. The molecule has 116 valence electrons. The fourth-order valence-electron chi connectivity index (χ4n) is 2.65. The highest BCUT2D eigenvalue weighted by Gasteiger charge is 2.22. The standard InChI is InChI=1S/C16H18ClN3O2/c17-12-5-6-14(15(10-12)19-7-1-2-8-19)18-16(22)20-9-3-4-13(21)11-20/h1-2,5-8,10,13,21H,3-4,9,11H2,(H,18,22). The van der Waals surface area contributed by atoms with Crippen LogP contribution < -0.4 is 5.32 Å². The third-order valence-electron chi connectivity index (χ3n) is 3.77. The fraction of sp³-hybridized carbons (Fsp3) is 0.312. The summed E-state index contributed by atoms with van der Waals surface area (Å²) in [6, 6.07) is 8.96. The molecule has 1 unspecified atom stereocenters. The first-order chi connectivity index (χ1) is 10.6. The third-order valence-corrected chi connectivity index (χ3v) is 4.00. The Balaban J connectivity index is 1.81. The molecule has 2 aromatic rings. The number of urea groups is 1. The lowest BCUT2D eigenvalue weighted by Gasteiger charge is -2.30. The summed E-state index contributed by atoms with van der Waals surface area (Å²) < 4.78 is 1.90. The number of aliphatic hydroxyl groups excluding tert-OH is 1. The first-order valence-electron chi connectivity index (χ1n) is 7.30. The monoisotopic (exact) mass is 319 g/mol. The van der Waals surface area contributed by atoms with E-state index in [0.717, 1.165) is 18.5 Å². The molecule has 2 N–H and O–H groups in total. The Bertz CT molecular complexity index is 657. The molecule has 2 amide bonds. The number of hydrogen-bond acceptors (Lipinski definition) is 2. The molecule has 1 aromatic carbocycles. The van der Waals surface area contributed by atoms with Gasteiger partial charge >= 0.3 is 6.03 Å². The van der Waals surface area contributed by atoms with Gasteiger partial charge in [0.05, 0.1) is 17.5 Å². The van der Waals surface area contributed by atoms with Crippen molar-refractivity contribution >= 4 is 23.3 Å². The van der Waals surface area contributed by atoms with Gasteiger partial charge in [0.1, 0.15) is 0 Å². The maximum absolute atomic E-state index is 12.4. The van der Waals surface area contributed by atoms with E-state index in [2.05, 4.69) is 5.32 Å². The minimum atomic E-state index is -0.436. The molecule has 1 saturated heterocycles. The Morgan fingerprint density at radius 1 is 1.32 bits per heavy atom. The van der Waals surface area contributed by atoms with Crippen molar-refractivity contribution in [1.82, 2.24) is 9.47 Å². The van der Waals surface area contributed by atoms with Gasteiger partial charge in [-0.15, -0.1) is 0 Å². The molecule has 6 heteroatoms. The van der Waals surface area contributed by atoms with Crippen LogP contribution in [0.1, 0.15) is 12.8 Å². The van der Waals surface area contributed by atoms with Crippen molar-refractivity contribution in [2.75, 3.05) is 18.4 Å². The van der Waals surface area contributed by atoms with E-state index in [9.17, 15) is 9.90 Å². The van der Waals surface area contributed by atoms with Gasteiger partial charge in [-0.05, 0) is 43.2 Å². The summed E-state index contributed by atoms with van der Waals surface area (Å²) in [5.41, 5.74) is 1.49. The number of nitrogens with zero attached hydrogens (tertiary/aromatic N) is 2. The molecule has 5 nitrogen and oxygen atoms in total. The van der Waals surface area contributed by atoms with Crippen LogP contribution in [0, 0.1) is 0 Å². The van der Waals surface area contributed by atoms with Gasteiger partial charge in [-0.2, -0.15) is 0 Å². The molecule has 2 heterocycles. The second-order valence-corrected chi connectivity index (χ2v) is 5.86. The molecule has 0 aliphatic carbocycles. The topological polar surface area (TPSA) is 57.5 Å². The molecule has 22 heavy (non-hydrogen) atoms. The Kier molecular flexibility index (Phi) is 4.36. The van der Waals surface area contributed by atoms with E-state index in [4.69, 9.17) is 11.6 Å². The van der Waals surface area contributed by atoms with E-state index in [-0.39, 0.29) is 6.03 Å². The average Bonchev–Trinajstić information content (AvgIpc) is 3.03. The highest BCUT2D eigenvalue weighted by atomic mass is 35.5. The summed E-state index contributed by atoms with van der Waals surface area (Å²) in [6.45, 7) is 1.04. The molecule has 1 aromatic heterocycles. The van der Waals surface area contributed by atoms with Crippen LogP contribution in [0.3, 0.4) is 0 Å². The van der Waals surface area contributed by atoms with Gasteiger partial charge in [-0.1, -0.05) is 11.6 Å². The Morgan fingerprint density at radius 2 is 2.09 bits per heavy atom. The van der Waals surface area contributed by atoms with Crippen molar-refractivity contribution < 1.29 is 9.90 Å². The maximum atomic E-state index is 12.4. The molecule has 3 rings (SSSR count). The maximum Gasteiger partial charge on any atom is 0.321 e. The number of aromatic nitrogens is 1. The number of anilines is 1. The van der Waals surface area contributed by atoms with Gasteiger partial charge in [0.2, 0.25) is 0 Å². The van der Waals surface area contributed by atoms with Crippen LogP contribution in [0.5, 0.6) is 0 Å². The van der Waals surface area contributed by atoms with Crippen LogP contribution >= 0.6 is 11.6 Å². The van der Waals surface area contributed by atoms with Crippen molar-refractivity contribution in [3.05, 3.63) is 47.7 Å². The van der Waals surface area contributed by atoms with Crippen LogP contribution in [0.25, 0.3) is 5.69 Å². The summed E-state index contributed by atoms with van der Waals surface area (Å²) in [5.74, 6) is 0. The third kappa shape index (κ3) is 3.26. The second-order valence-electron chi connectivity index (χ2n) is 5.42. The largest absolute Gasteiger partial charge is 0.391 e.